The molecule has 3 aromatic rings. The molecule has 1 aliphatic rings. The topological polar surface area (TPSA) is 20.3 Å². The van der Waals surface area contributed by atoms with E-state index in [1.807, 2.05) is 6.07 Å². The molecule has 0 spiro atoms. The number of Topliss-reactive ketones (excluding diaryl/α,β-unsaturated/α-hetero) is 1. The van der Waals surface area contributed by atoms with E-state index in [1.54, 1.807) is 0 Å². The van der Waals surface area contributed by atoms with Crippen molar-refractivity contribution in [3.05, 3.63) is 101 Å². The molecule has 0 radical (unpaired) electrons. The van der Waals surface area contributed by atoms with E-state index in [-0.39, 0.29) is 0 Å². The first kappa shape index (κ1) is 17.5. The Bertz CT molecular complexity index is 861. The lowest BCUT2D eigenvalue weighted by atomic mass is 10.0. The zero-order valence-corrected chi connectivity index (χ0v) is 15.6. The molecule has 0 N–H and O–H groups in total. The Balaban J connectivity index is 1.67. The van der Waals surface area contributed by atoms with Gasteiger partial charge in [-0.1, -0.05) is 60.7 Å². The molecule has 0 aliphatic heterocycles. The first-order chi connectivity index (χ1) is 13.3. The van der Waals surface area contributed by atoms with Gasteiger partial charge in [0.1, 0.15) is 0 Å². The minimum absolute atomic E-state index is 0.298. The second-order valence-electron chi connectivity index (χ2n) is 7.30. The van der Waals surface area contributed by atoms with Gasteiger partial charge in [-0.3, -0.25) is 4.79 Å². The number of nitrogens with zero attached hydrogens (tertiary/aromatic N) is 1. The van der Waals surface area contributed by atoms with Crippen LogP contribution in [-0.2, 0) is 19.5 Å². The summed E-state index contributed by atoms with van der Waals surface area (Å²) in [5.74, 6) is 0.298. The van der Waals surface area contributed by atoms with E-state index >= 15 is 0 Å². The highest BCUT2D eigenvalue weighted by Gasteiger charge is 2.17. The van der Waals surface area contributed by atoms with Crippen molar-refractivity contribution in [2.24, 2.45) is 0 Å². The maximum atomic E-state index is 12.4. The minimum Gasteiger partial charge on any atom is -0.363 e. The lowest BCUT2D eigenvalue weighted by Crippen LogP contribution is -2.22. The summed E-state index contributed by atoms with van der Waals surface area (Å²) in [4.78, 5) is 14.8. The number of aryl methyl sites for hydroxylation is 1. The van der Waals surface area contributed by atoms with Crippen molar-refractivity contribution in [1.29, 1.82) is 0 Å². The predicted molar refractivity (Wildman–Crippen MR) is 111 cm³/mol. The number of ketones is 1. The maximum absolute atomic E-state index is 12.4. The molecule has 0 unspecified atom stereocenters. The Morgan fingerprint density at radius 2 is 1.30 bits per heavy atom. The minimum atomic E-state index is 0.298. The highest BCUT2D eigenvalue weighted by Crippen LogP contribution is 2.27. The molecule has 0 bridgehead atoms. The van der Waals surface area contributed by atoms with Crippen molar-refractivity contribution < 1.29 is 4.79 Å². The van der Waals surface area contributed by atoms with Gasteiger partial charge in [0.25, 0.3) is 0 Å². The summed E-state index contributed by atoms with van der Waals surface area (Å²) in [5.41, 5.74) is 5.91. The van der Waals surface area contributed by atoms with E-state index in [9.17, 15) is 4.79 Å². The number of anilines is 1. The van der Waals surface area contributed by atoms with Gasteiger partial charge in [-0.05, 0) is 54.2 Å². The van der Waals surface area contributed by atoms with Crippen LogP contribution in [0.25, 0.3) is 0 Å². The molecular weight excluding hydrogens is 330 g/mol. The average molecular weight is 355 g/mol. The SMILES string of the molecule is O=C1CCCCc2cc(N(Cc3ccccc3)Cc3ccccc3)ccc21. The molecule has 136 valence electrons. The van der Waals surface area contributed by atoms with Gasteiger partial charge in [-0.2, -0.15) is 0 Å². The molecule has 27 heavy (non-hydrogen) atoms. The lowest BCUT2D eigenvalue weighted by molar-refractivity contribution is 0.0982. The van der Waals surface area contributed by atoms with Crippen LogP contribution in [0.3, 0.4) is 0 Å². The van der Waals surface area contributed by atoms with Gasteiger partial charge >= 0.3 is 0 Å². The average Bonchev–Trinajstić information content (AvgIpc) is 2.90. The fraction of sp³-hybridized carbons (Fsp3) is 0.240. The molecular formula is C25H25NO. The summed E-state index contributed by atoms with van der Waals surface area (Å²) >= 11 is 0. The van der Waals surface area contributed by atoms with Crippen molar-refractivity contribution in [2.75, 3.05) is 4.90 Å². The number of hydrogen-bond donors (Lipinski definition) is 0. The molecule has 2 nitrogen and oxygen atoms in total. The van der Waals surface area contributed by atoms with Gasteiger partial charge in [0.05, 0.1) is 0 Å². The van der Waals surface area contributed by atoms with Crippen LogP contribution >= 0.6 is 0 Å². The maximum Gasteiger partial charge on any atom is 0.163 e. The zero-order chi connectivity index (χ0) is 18.5. The predicted octanol–water partition coefficient (Wildman–Crippen LogP) is 5.80. The Hall–Kier alpha value is -2.87. The zero-order valence-electron chi connectivity index (χ0n) is 15.6. The van der Waals surface area contributed by atoms with Crippen LogP contribution in [0.2, 0.25) is 0 Å². The highest BCUT2D eigenvalue weighted by atomic mass is 16.1. The van der Waals surface area contributed by atoms with Gasteiger partial charge in [0.15, 0.2) is 5.78 Å². The summed E-state index contributed by atoms with van der Waals surface area (Å²) in [6.07, 6.45) is 3.78. The summed E-state index contributed by atoms with van der Waals surface area (Å²) < 4.78 is 0. The molecule has 0 saturated carbocycles. The lowest BCUT2D eigenvalue weighted by Gasteiger charge is -2.26. The molecule has 2 heteroatoms. The van der Waals surface area contributed by atoms with E-state index in [1.165, 1.54) is 22.4 Å². The summed E-state index contributed by atoms with van der Waals surface area (Å²) in [7, 11) is 0. The van der Waals surface area contributed by atoms with E-state index in [0.717, 1.165) is 37.9 Å². The quantitative estimate of drug-likeness (QED) is 0.539. The van der Waals surface area contributed by atoms with Crippen molar-refractivity contribution in [1.82, 2.24) is 0 Å². The third kappa shape index (κ3) is 4.28. The van der Waals surface area contributed by atoms with Gasteiger partial charge in [0.2, 0.25) is 0 Å². The molecule has 0 heterocycles. The number of fused-ring (bicyclic) bond motifs is 1. The Morgan fingerprint density at radius 1 is 0.704 bits per heavy atom. The van der Waals surface area contributed by atoms with Gasteiger partial charge in [0, 0.05) is 30.8 Å². The number of benzene rings is 3. The molecule has 0 atom stereocenters. The van der Waals surface area contributed by atoms with Crippen LogP contribution < -0.4 is 4.90 Å². The van der Waals surface area contributed by atoms with Crippen molar-refractivity contribution >= 4 is 11.5 Å². The highest BCUT2D eigenvalue weighted by molar-refractivity contribution is 5.98. The monoisotopic (exact) mass is 355 g/mol. The largest absolute Gasteiger partial charge is 0.363 e. The third-order valence-corrected chi connectivity index (χ3v) is 5.29. The number of rotatable bonds is 5. The number of carbonyl (C=O) groups is 1. The van der Waals surface area contributed by atoms with E-state index in [2.05, 4.69) is 77.7 Å². The number of hydrogen-bond acceptors (Lipinski definition) is 2. The standard InChI is InChI=1S/C25H25NO/c27-25-14-8-7-13-22-17-23(15-16-24(22)25)26(18-20-9-3-1-4-10-20)19-21-11-5-2-6-12-21/h1-6,9-12,15-17H,7-8,13-14,18-19H2. The fourth-order valence-electron chi connectivity index (χ4n) is 3.84. The Morgan fingerprint density at radius 3 is 1.93 bits per heavy atom. The van der Waals surface area contributed by atoms with Crippen molar-refractivity contribution in [3.63, 3.8) is 0 Å². The summed E-state index contributed by atoms with van der Waals surface area (Å²) in [6.45, 7) is 1.70. The first-order valence-corrected chi connectivity index (χ1v) is 9.78. The van der Waals surface area contributed by atoms with Gasteiger partial charge in [-0.25, -0.2) is 0 Å². The summed E-state index contributed by atoms with van der Waals surface area (Å²) in [5, 5.41) is 0. The normalized spacial score (nSPS) is 13.7. The van der Waals surface area contributed by atoms with Crippen LogP contribution in [0.1, 0.15) is 46.3 Å². The molecule has 0 aromatic heterocycles. The van der Waals surface area contributed by atoms with E-state index < -0.39 is 0 Å². The van der Waals surface area contributed by atoms with Crippen molar-refractivity contribution in [3.8, 4) is 0 Å². The molecule has 0 amide bonds. The van der Waals surface area contributed by atoms with E-state index in [4.69, 9.17) is 0 Å². The van der Waals surface area contributed by atoms with Crippen LogP contribution in [-0.4, -0.2) is 5.78 Å². The van der Waals surface area contributed by atoms with Crippen LogP contribution in [0, 0.1) is 0 Å². The Labute approximate surface area is 161 Å². The molecule has 4 rings (SSSR count). The number of carbonyl (C=O) groups excluding carboxylic acids is 1. The fourth-order valence-corrected chi connectivity index (χ4v) is 3.84. The van der Waals surface area contributed by atoms with Crippen LogP contribution in [0.5, 0.6) is 0 Å². The smallest absolute Gasteiger partial charge is 0.163 e. The van der Waals surface area contributed by atoms with Crippen LogP contribution in [0.15, 0.2) is 78.9 Å². The molecule has 0 saturated heterocycles. The second kappa shape index (κ2) is 8.22. The molecule has 1 aliphatic carbocycles. The van der Waals surface area contributed by atoms with Gasteiger partial charge in [-0.15, -0.1) is 0 Å². The molecule has 0 fully saturated rings. The third-order valence-electron chi connectivity index (χ3n) is 5.29. The Kier molecular flexibility index (Phi) is 5.34. The van der Waals surface area contributed by atoms with E-state index in [0.29, 0.717) is 12.2 Å². The van der Waals surface area contributed by atoms with Crippen molar-refractivity contribution in [2.45, 2.75) is 38.8 Å². The first-order valence-electron chi connectivity index (χ1n) is 9.78. The molecule has 3 aromatic carbocycles. The van der Waals surface area contributed by atoms with Gasteiger partial charge < -0.3 is 4.90 Å². The summed E-state index contributed by atoms with van der Waals surface area (Å²) in [6, 6.07) is 27.6. The van der Waals surface area contributed by atoms with Crippen LogP contribution in [0.4, 0.5) is 5.69 Å². The second-order valence-corrected chi connectivity index (χ2v) is 7.30.